The first-order valence-electron chi connectivity index (χ1n) is 10.4. The number of carbonyl (C=O) groups is 2. The minimum Gasteiger partial charge on any atom is -0.496 e. The van der Waals surface area contributed by atoms with Crippen molar-refractivity contribution in [3.8, 4) is 5.75 Å². The Bertz CT molecular complexity index is 959. The molecule has 1 aromatic carbocycles. The summed E-state index contributed by atoms with van der Waals surface area (Å²) in [6.07, 6.45) is 2.82. The van der Waals surface area contributed by atoms with Gasteiger partial charge in [0.15, 0.2) is 0 Å². The first kappa shape index (κ1) is 21.1. The van der Waals surface area contributed by atoms with Gasteiger partial charge in [0.05, 0.1) is 24.8 Å². The molecule has 0 radical (unpaired) electrons. The van der Waals surface area contributed by atoms with Gasteiger partial charge in [0.25, 0.3) is 0 Å². The van der Waals surface area contributed by atoms with E-state index in [2.05, 4.69) is 4.72 Å². The van der Waals surface area contributed by atoms with E-state index in [0.29, 0.717) is 25.1 Å². The van der Waals surface area contributed by atoms with Crippen molar-refractivity contribution in [1.29, 1.82) is 0 Å². The predicted molar refractivity (Wildman–Crippen MR) is 111 cm³/mol. The van der Waals surface area contributed by atoms with Crippen LogP contribution in [0.15, 0.2) is 24.3 Å². The number of fused-ring (bicyclic) bond motifs is 1. The number of urea groups is 1. The molecule has 4 rings (SSSR count). The van der Waals surface area contributed by atoms with E-state index in [1.807, 2.05) is 31.2 Å². The summed E-state index contributed by atoms with van der Waals surface area (Å²) in [5, 5.41) is -0.616. The number of sulfonamides is 1. The number of para-hydroxylation sites is 1. The van der Waals surface area contributed by atoms with Crippen LogP contribution in [0, 0.1) is 5.92 Å². The average Bonchev–Trinajstić information content (AvgIpc) is 3.45. The molecule has 1 aromatic rings. The summed E-state index contributed by atoms with van der Waals surface area (Å²) in [5.74, 6) is -0.136. The lowest BCUT2D eigenvalue weighted by molar-refractivity contribution is -0.139. The molecule has 0 spiro atoms. The van der Waals surface area contributed by atoms with Gasteiger partial charge in [0.2, 0.25) is 15.9 Å². The van der Waals surface area contributed by atoms with E-state index in [4.69, 9.17) is 4.74 Å². The Morgan fingerprint density at radius 1 is 1.20 bits per heavy atom. The number of rotatable bonds is 6. The number of ether oxygens (including phenoxy) is 1. The molecule has 3 fully saturated rings. The van der Waals surface area contributed by atoms with Gasteiger partial charge in [-0.3, -0.25) is 9.69 Å². The number of amides is 3. The highest BCUT2D eigenvalue weighted by Gasteiger charge is 2.51. The van der Waals surface area contributed by atoms with Crippen molar-refractivity contribution in [2.24, 2.45) is 5.92 Å². The van der Waals surface area contributed by atoms with E-state index in [9.17, 15) is 18.0 Å². The molecule has 3 amide bonds. The van der Waals surface area contributed by atoms with Crippen molar-refractivity contribution in [2.75, 3.05) is 14.2 Å². The zero-order chi connectivity index (χ0) is 21.7. The smallest absolute Gasteiger partial charge is 0.327 e. The molecular weight excluding hydrogens is 406 g/mol. The van der Waals surface area contributed by atoms with Gasteiger partial charge in [0.1, 0.15) is 5.75 Å². The molecular formula is C21H29N3O5S. The maximum absolute atomic E-state index is 12.9. The summed E-state index contributed by atoms with van der Waals surface area (Å²) in [5.41, 5.74) is 0.516. The lowest BCUT2D eigenvalue weighted by Gasteiger charge is -2.47. The third kappa shape index (κ3) is 3.80. The largest absolute Gasteiger partial charge is 0.496 e. The molecule has 164 valence electrons. The van der Waals surface area contributed by atoms with Crippen LogP contribution in [-0.4, -0.2) is 61.1 Å². The maximum atomic E-state index is 12.9. The number of carbonyl (C=O) groups excluding carboxylic acids is 2. The molecule has 2 saturated carbocycles. The Morgan fingerprint density at radius 3 is 2.57 bits per heavy atom. The molecule has 2 aliphatic carbocycles. The number of imide groups is 1. The highest BCUT2D eigenvalue weighted by Crippen LogP contribution is 2.40. The maximum Gasteiger partial charge on any atom is 0.327 e. The van der Waals surface area contributed by atoms with Crippen molar-refractivity contribution in [3.05, 3.63) is 29.8 Å². The van der Waals surface area contributed by atoms with E-state index in [0.717, 1.165) is 23.3 Å². The Labute approximate surface area is 177 Å². The Morgan fingerprint density at radius 2 is 1.90 bits per heavy atom. The first-order valence-corrected chi connectivity index (χ1v) is 11.9. The summed E-state index contributed by atoms with van der Waals surface area (Å²) in [4.78, 5) is 28.7. The minimum absolute atomic E-state index is 0.231. The third-order valence-electron chi connectivity index (χ3n) is 6.71. The van der Waals surface area contributed by atoms with E-state index in [1.165, 1.54) is 7.05 Å². The van der Waals surface area contributed by atoms with Crippen LogP contribution in [-0.2, 0) is 21.4 Å². The fraction of sp³-hybridized carbons (Fsp3) is 0.619. The topological polar surface area (TPSA) is 96.0 Å². The second kappa shape index (κ2) is 7.53. The number of hydrogen-bond donors (Lipinski definition) is 1. The predicted octanol–water partition coefficient (Wildman–Crippen LogP) is 2.10. The van der Waals surface area contributed by atoms with Gasteiger partial charge in [-0.1, -0.05) is 18.2 Å². The molecule has 8 nitrogen and oxygen atoms in total. The number of nitrogens with zero attached hydrogens (tertiary/aromatic N) is 2. The fourth-order valence-electron chi connectivity index (χ4n) is 4.63. The number of benzene rings is 1. The molecule has 9 heteroatoms. The molecule has 1 saturated heterocycles. The van der Waals surface area contributed by atoms with Gasteiger partial charge in [-0.25, -0.2) is 17.9 Å². The monoisotopic (exact) mass is 435 g/mol. The van der Waals surface area contributed by atoms with Crippen LogP contribution in [0.1, 0.15) is 44.6 Å². The molecule has 1 aliphatic heterocycles. The van der Waals surface area contributed by atoms with Gasteiger partial charge in [-0.2, -0.15) is 0 Å². The van der Waals surface area contributed by atoms with Gasteiger partial charge in [-0.05, 0) is 45.1 Å². The first-order chi connectivity index (χ1) is 14.1. The number of methoxy groups -OCH3 is 1. The van der Waals surface area contributed by atoms with Crippen LogP contribution in [0.4, 0.5) is 4.79 Å². The van der Waals surface area contributed by atoms with Crippen molar-refractivity contribution < 1.29 is 22.7 Å². The average molecular weight is 436 g/mol. The van der Waals surface area contributed by atoms with E-state index >= 15 is 0 Å². The summed E-state index contributed by atoms with van der Waals surface area (Å²) in [7, 11) is -0.463. The van der Waals surface area contributed by atoms with Crippen molar-refractivity contribution in [3.63, 3.8) is 0 Å². The lowest BCUT2D eigenvalue weighted by Crippen LogP contribution is -2.62. The van der Waals surface area contributed by atoms with Crippen LogP contribution in [0.25, 0.3) is 0 Å². The summed E-state index contributed by atoms with van der Waals surface area (Å²) < 4.78 is 34.0. The fourth-order valence-corrected chi connectivity index (χ4v) is 6.60. The zero-order valence-electron chi connectivity index (χ0n) is 17.6. The van der Waals surface area contributed by atoms with Crippen LogP contribution in [0.3, 0.4) is 0 Å². The highest BCUT2D eigenvalue weighted by atomic mass is 32.2. The van der Waals surface area contributed by atoms with Gasteiger partial charge in [-0.15, -0.1) is 0 Å². The molecule has 1 heterocycles. The van der Waals surface area contributed by atoms with E-state index in [1.54, 1.807) is 12.0 Å². The van der Waals surface area contributed by atoms with Crippen molar-refractivity contribution >= 4 is 22.0 Å². The van der Waals surface area contributed by atoms with Crippen LogP contribution in [0.2, 0.25) is 0 Å². The normalized spacial score (nSPS) is 28.3. The van der Waals surface area contributed by atoms with E-state index < -0.39 is 21.2 Å². The second-order valence-electron chi connectivity index (χ2n) is 8.94. The molecule has 0 bridgehead atoms. The zero-order valence-corrected chi connectivity index (χ0v) is 18.4. The minimum atomic E-state index is -3.51. The van der Waals surface area contributed by atoms with Crippen LogP contribution >= 0.6 is 0 Å². The van der Waals surface area contributed by atoms with E-state index in [-0.39, 0.29) is 29.9 Å². The van der Waals surface area contributed by atoms with Gasteiger partial charge >= 0.3 is 6.03 Å². The third-order valence-corrected chi connectivity index (χ3v) is 8.79. The Kier molecular flexibility index (Phi) is 5.30. The lowest BCUT2D eigenvalue weighted by atomic mass is 9.80. The van der Waals surface area contributed by atoms with Crippen LogP contribution < -0.4 is 9.46 Å². The number of hydrogen-bond acceptors (Lipinski definition) is 5. The SMILES string of the molecule is COc1ccccc1CN1C(=O)N(C)C(=O)C2CC(S(=O)(=O)NC3(C)CC3)CCC21. The summed E-state index contributed by atoms with van der Waals surface area (Å²) >= 11 is 0. The molecule has 3 aliphatic rings. The summed E-state index contributed by atoms with van der Waals surface area (Å²) in [6, 6.07) is 6.82. The van der Waals surface area contributed by atoms with Crippen LogP contribution in [0.5, 0.6) is 5.75 Å². The van der Waals surface area contributed by atoms with Crippen molar-refractivity contribution in [1.82, 2.24) is 14.5 Å². The Hall–Kier alpha value is -2.13. The second-order valence-corrected chi connectivity index (χ2v) is 10.9. The highest BCUT2D eigenvalue weighted by molar-refractivity contribution is 7.90. The quantitative estimate of drug-likeness (QED) is 0.738. The molecule has 1 N–H and O–H groups in total. The van der Waals surface area contributed by atoms with Crippen molar-refractivity contribution in [2.45, 2.75) is 62.4 Å². The molecule has 3 atom stereocenters. The molecule has 0 aromatic heterocycles. The Balaban J connectivity index is 1.57. The molecule has 30 heavy (non-hydrogen) atoms. The standard InChI is InChI=1S/C21H29N3O5S/c1-21(10-11-21)22-30(27,28)15-8-9-17-16(12-15)19(25)23(2)20(26)24(17)13-14-6-4-5-7-18(14)29-3/h4-7,15-17,22H,8-13H2,1-3H3. The number of nitrogens with one attached hydrogen (secondary N) is 1. The summed E-state index contributed by atoms with van der Waals surface area (Å²) in [6.45, 7) is 2.22. The van der Waals surface area contributed by atoms with Gasteiger partial charge in [0, 0.05) is 24.2 Å². The van der Waals surface area contributed by atoms with Gasteiger partial charge < -0.3 is 9.64 Å². The molecule has 3 unspecified atom stereocenters.